The fourth-order valence-electron chi connectivity index (χ4n) is 5.70. The number of Topliss-reactive ketones (excluding diaryl/α,β-unsaturated/α-hetero) is 4. The molecule has 2 aromatic carbocycles. The van der Waals surface area contributed by atoms with Gasteiger partial charge in [0.15, 0.2) is 23.1 Å². The summed E-state index contributed by atoms with van der Waals surface area (Å²) in [6.07, 6.45) is 0. The van der Waals surface area contributed by atoms with Crippen molar-refractivity contribution in [1.82, 2.24) is 9.97 Å². The molecule has 0 amide bonds. The van der Waals surface area contributed by atoms with E-state index in [1.807, 2.05) is 0 Å². The van der Waals surface area contributed by atoms with Gasteiger partial charge in [-0.2, -0.15) is 0 Å². The highest BCUT2D eigenvalue weighted by Crippen LogP contribution is 2.26. The first-order valence-corrected chi connectivity index (χ1v) is 16.1. The fourth-order valence-corrected chi connectivity index (χ4v) is 5.70. The molecule has 0 fully saturated rings. The van der Waals surface area contributed by atoms with Crippen molar-refractivity contribution >= 4 is 23.1 Å². The lowest BCUT2D eigenvalue weighted by molar-refractivity contribution is 0.0995. The summed E-state index contributed by atoms with van der Waals surface area (Å²) in [6.45, 7) is 12.8. The van der Waals surface area contributed by atoms with Crippen LogP contribution in [0.5, 0.6) is 23.0 Å². The number of pyridine rings is 2. The molecule has 0 spiro atoms. The summed E-state index contributed by atoms with van der Waals surface area (Å²) in [5.74, 6) is 13.8. The standard InChI is InChI=1S/2C21H21NO4/c2*1-12-20(14(3)23)19(21(15(4)24)13(2)22-12)8-7-16-9-17(25-5)11-18(10-16)26-6/h2*9-11H,1-6H3. The van der Waals surface area contributed by atoms with E-state index in [1.165, 1.54) is 27.7 Å². The zero-order valence-electron chi connectivity index (χ0n) is 31.6. The third-order valence-electron chi connectivity index (χ3n) is 7.89. The number of rotatable bonds is 8. The smallest absolute Gasteiger partial charge is 0.162 e. The van der Waals surface area contributed by atoms with Crippen molar-refractivity contribution in [1.29, 1.82) is 0 Å². The molecule has 2 heterocycles. The van der Waals surface area contributed by atoms with E-state index >= 15 is 0 Å². The Kier molecular flexibility index (Phi) is 13.6. The van der Waals surface area contributed by atoms with Gasteiger partial charge < -0.3 is 18.9 Å². The number of hydrogen-bond donors (Lipinski definition) is 0. The molecule has 0 saturated heterocycles. The van der Waals surface area contributed by atoms with Crippen molar-refractivity contribution in [3.8, 4) is 46.7 Å². The minimum atomic E-state index is -0.176. The van der Waals surface area contributed by atoms with Crippen LogP contribution in [0.1, 0.15) is 114 Å². The Morgan fingerprint density at radius 1 is 0.423 bits per heavy atom. The number of carbonyl (C=O) groups is 4. The Labute approximate surface area is 304 Å². The molecule has 0 unspecified atom stereocenters. The normalized spacial score (nSPS) is 9.92. The van der Waals surface area contributed by atoms with Crippen molar-refractivity contribution < 1.29 is 38.1 Å². The topological polar surface area (TPSA) is 131 Å². The van der Waals surface area contributed by atoms with Crippen LogP contribution < -0.4 is 18.9 Å². The molecular formula is C42H42N2O8. The number of nitrogens with zero attached hydrogens (tertiary/aromatic N) is 2. The molecule has 0 radical (unpaired) electrons. The third-order valence-corrected chi connectivity index (χ3v) is 7.89. The van der Waals surface area contributed by atoms with Gasteiger partial charge in [0, 0.05) is 46.0 Å². The molecule has 0 bridgehead atoms. The predicted octanol–water partition coefficient (Wildman–Crippen LogP) is 7.04. The summed E-state index contributed by atoms with van der Waals surface area (Å²) < 4.78 is 21.0. The molecule has 0 aliphatic heterocycles. The number of aromatic nitrogens is 2. The molecule has 268 valence electrons. The van der Waals surface area contributed by atoms with Crippen LogP contribution in [0.4, 0.5) is 0 Å². The maximum Gasteiger partial charge on any atom is 0.162 e. The predicted molar refractivity (Wildman–Crippen MR) is 198 cm³/mol. The van der Waals surface area contributed by atoms with Crippen molar-refractivity contribution in [3.63, 3.8) is 0 Å². The van der Waals surface area contributed by atoms with Crippen LogP contribution >= 0.6 is 0 Å². The molecule has 10 nitrogen and oxygen atoms in total. The molecule has 0 aliphatic carbocycles. The van der Waals surface area contributed by atoms with Gasteiger partial charge in [0.1, 0.15) is 23.0 Å². The van der Waals surface area contributed by atoms with Crippen molar-refractivity contribution in [3.05, 3.63) is 104 Å². The molecular weight excluding hydrogens is 660 g/mol. The van der Waals surface area contributed by atoms with Gasteiger partial charge in [-0.15, -0.1) is 0 Å². The molecule has 0 aliphatic rings. The quantitative estimate of drug-likeness (QED) is 0.139. The van der Waals surface area contributed by atoms with Gasteiger partial charge in [-0.3, -0.25) is 29.1 Å². The number of ketones is 4. The van der Waals surface area contributed by atoms with E-state index in [4.69, 9.17) is 18.9 Å². The van der Waals surface area contributed by atoms with E-state index in [0.717, 1.165) is 0 Å². The monoisotopic (exact) mass is 702 g/mol. The van der Waals surface area contributed by atoms with Gasteiger partial charge in [0.05, 0.1) is 61.8 Å². The van der Waals surface area contributed by atoms with E-state index in [-0.39, 0.29) is 23.1 Å². The number of benzene rings is 2. The highest BCUT2D eigenvalue weighted by atomic mass is 16.5. The number of aryl methyl sites for hydroxylation is 4. The van der Waals surface area contributed by atoms with Gasteiger partial charge in [0.2, 0.25) is 0 Å². The Morgan fingerprint density at radius 3 is 0.846 bits per heavy atom. The fraction of sp³-hybridized carbons (Fsp3) is 0.286. The Bertz CT molecular complexity index is 1930. The molecule has 0 atom stereocenters. The SMILES string of the molecule is COc1cc(C#Cc2c(C(C)=O)c(C)nc(C)c2C(C)=O)cc(OC)c1.COc1cc(C#Cc2c(C(C)=O)c(C)nc(C)c2C(C)=O)cc(OC)c1. The average Bonchev–Trinajstić information content (AvgIpc) is 3.08. The second kappa shape index (κ2) is 17.6. The summed E-state index contributed by atoms with van der Waals surface area (Å²) in [5.41, 5.74) is 5.89. The second-order valence-electron chi connectivity index (χ2n) is 11.7. The van der Waals surface area contributed by atoms with Gasteiger partial charge in [0.25, 0.3) is 0 Å². The first-order valence-electron chi connectivity index (χ1n) is 16.1. The third kappa shape index (κ3) is 9.49. The van der Waals surface area contributed by atoms with Crippen LogP contribution in [0, 0.1) is 51.4 Å². The molecule has 4 rings (SSSR count). The first-order chi connectivity index (χ1) is 24.6. The van der Waals surface area contributed by atoms with Crippen LogP contribution in [-0.2, 0) is 0 Å². The number of hydrogen-bond acceptors (Lipinski definition) is 10. The van der Waals surface area contributed by atoms with Crippen LogP contribution in [0.15, 0.2) is 36.4 Å². The largest absolute Gasteiger partial charge is 0.497 e. The van der Waals surface area contributed by atoms with Gasteiger partial charge in [-0.25, -0.2) is 0 Å². The van der Waals surface area contributed by atoms with Gasteiger partial charge in [-0.1, -0.05) is 23.7 Å². The van der Waals surface area contributed by atoms with Crippen LogP contribution in [0.25, 0.3) is 0 Å². The Morgan fingerprint density at radius 2 is 0.654 bits per heavy atom. The summed E-state index contributed by atoms with van der Waals surface area (Å²) in [7, 11) is 6.24. The molecule has 52 heavy (non-hydrogen) atoms. The summed E-state index contributed by atoms with van der Waals surface area (Å²) in [4.78, 5) is 57.2. The lowest BCUT2D eigenvalue weighted by Gasteiger charge is -2.12. The maximum atomic E-state index is 12.1. The summed E-state index contributed by atoms with van der Waals surface area (Å²) >= 11 is 0. The van der Waals surface area contributed by atoms with Crippen molar-refractivity contribution in [2.45, 2.75) is 55.4 Å². The molecule has 4 aromatic rings. The highest BCUT2D eigenvalue weighted by Gasteiger charge is 2.21. The summed E-state index contributed by atoms with van der Waals surface area (Å²) in [6, 6.07) is 10.5. The Hall–Kier alpha value is -6.26. The zero-order valence-corrected chi connectivity index (χ0v) is 31.6. The van der Waals surface area contributed by atoms with Crippen molar-refractivity contribution in [2.75, 3.05) is 28.4 Å². The average molecular weight is 703 g/mol. The molecule has 10 heteroatoms. The molecule has 2 aromatic heterocycles. The van der Waals surface area contributed by atoms with Crippen LogP contribution in [0.2, 0.25) is 0 Å². The maximum absolute atomic E-state index is 12.1. The van der Waals surface area contributed by atoms with E-state index in [9.17, 15) is 19.2 Å². The Balaban J connectivity index is 0.000000280. The van der Waals surface area contributed by atoms with Gasteiger partial charge in [-0.05, 0) is 79.7 Å². The van der Waals surface area contributed by atoms with Gasteiger partial charge >= 0.3 is 0 Å². The number of methoxy groups -OCH3 is 4. The second-order valence-corrected chi connectivity index (χ2v) is 11.7. The van der Waals surface area contributed by atoms with Crippen LogP contribution in [0.3, 0.4) is 0 Å². The lowest BCUT2D eigenvalue weighted by Crippen LogP contribution is -2.12. The number of ether oxygens (including phenoxy) is 4. The van der Waals surface area contributed by atoms with E-state index in [0.29, 0.717) is 90.3 Å². The van der Waals surface area contributed by atoms with Crippen molar-refractivity contribution in [2.24, 2.45) is 0 Å². The van der Waals surface area contributed by atoms with Crippen LogP contribution in [-0.4, -0.2) is 61.5 Å². The lowest BCUT2D eigenvalue weighted by atomic mass is 9.94. The minimum absolute atomic E-state index is 0.176. The number of carbonyl (C=O) groups excluding carboxylic acids is 4. The van der Waals surface area contributed by atoms with E-state index < -0.39 is 0 Å². The zero-order chi connectivity index (χ0) is 38.9. The molecule has 0 N–H and O–H groups in total. The summed E-state index contributed by atoms with van der Waals surface area (Å²) in [5, 5.41) is 0. The van der Waals surface area contributed by atoms with E-state index in [1.54, 1.807) is 92.5 Å². The van der Waals surface area contributed by atoms with E-state index in [2.05, 4.69) is 33.6 Å². The molecule has 0 saturated carbocycles. The first kappa shape index (κ1) is 40.2. The highest BCUT2D eigenvalue weighted by molar-refractivity contribution is 6.05. The minimum Gasteiger partial charge on any atom is -0.497 e.